The average molecular weight is 424 g/mol. The summed E-state index contributed by atoms with van der Waals surface area (Å²) in [6, 6.07) is 0.108. The van der Waals surface area contributed by atoms with E-state index in [1.807, 2.05) is 13.8 Å². The fourth-order valence-electron chi connectivity index (χ4n) is 5.33. The third-order valence-electron chi connectivity index (χ3n) is 7.00. The van der Waals surface area contributed by atoms with Crippen LogP contribution in [0, 0.1) is 5.92 Å². The minimum Gasteiger partial charge on any atom is -0.368 e. The second-order valence-corrected chi connectivity index (χ2v) is 9.54. The first kappa shape index (κ1) is 18.9. The molecule has 1 saturated carbocycles. The highest BCUT2D eigenvalue weighted by Crippen LogP contribution is 2.49. The molecule has 0 spiro atoms. The molecular weight excluding hydrogens is 399 g/mol. The van der Waals surface area contributed by atoms with E-state index in [1.165, 1.54) is 0 Å². The summed E-state index contributed by atoms with van der Waals surface area (Å²) in [5.74, 6) is 2.29. The van der Waals surface area contributed by atoms with Crippen LogP contribution in [0.25, 0.3) is 22.6 Å². The summed E-state index contributed by atoms with van der Waals surface area (Å²) < 4.78 is 22.9. The largest absolute Gasteiger partial charge is 0.368 e. The Kier molecular flexibility index (Phi) is 3.70. The van der Waals surface area contributed by atoms with Gasteiger partial charge in [0.1, 0.15) is 17.1 Å². The second-order valence-electron chi connectivity index (χ2n) is 9.54. The number of rotatable bonds is 2. The van der Waals surface area contributed by atoms with Crippen molar-refractivity contribution in [2.45, 2.75) is 57.5 Å². The van der Waals surface area contributed by atoms with Gasteiger partial charge in [-0.25, -0.2) is 29.3 Å². The molecule has 162 valence electrons. The SMILES string of the molecule is CC1(C)OCCn2c1nc1c(N3CC4CC3CC4(C)F)nc(-c3cnc(N)nc3)nc12. The van der Waals surface area contributed by atoms with Crippen molar-refractivity contribution in [2.24, 2.45) is 5.92 Å². The van der Waals surface area contributed by atoms with E-state index in [0.717, 1.165) is 29.2 Å². The van der Waals surface area contributed by atoms with Gasteiger partial charge in [-0.15, -0.1) is 0 Å². The molecule has 3 aromatic heterocycles. The lowest BCUT2D eigenvalue weighted by molar-refractivity contribution is -0.0530. The fourth-order valence-corrected chi connectivity index (χ4v) is 5.33. The molecule has 3 aromatic rings. The molecule has 1 saturated heterocycles. The number of imidazole rings is 1. The van der Waals surface area contributed by atoms with Gasteiger partial charge in [-0.05, 0) is 27.2 Å². The van der Waals surface area contributed by atoms with Gasteiger partial charge in [-0.1, -0.05) is 0 Å². The smallest absolute Gasteiger partial charge is 0.219 e. The number of piperidine rings is 1. The quantitative estimate of drug-likeness (QED) is 0.668. The molecule has 2 fully saturated rings. The van der Waals surface area contributed by atoms with E-state index in [9.17, 15) is 4.39 Å². The van der Waals surface area contributed by atoms with E-state index in [0.29, 0.717) is 37.5 Å². The normalized spacial score (nSPS) is 29.0. The van der Waals surface area contributed by atoms with Crippen LogP contribution in [0.1, 0.15) is 39.4 Å². The van der Waals surface area contributed by atoms with Crippen molar-refractivity contribution in [1.29, 1.82) is 0 Å². The first-order chi connectivity index (χ1) is 14.7. The molecule has 6 rings (SSSR count). The van der Waals surface area contributed by atoms with Gasteiger partial charge in [-0.2, -0.15) is 0 Å². The molecule has 0 amide bonds. The highest BCUT2D eigenvalue weighted by Gasteiger charge is 2.53. The molecule has 3 atom stereocenters. The number of hydrogen-bond acceptors (Lipinski definition) is 8. The number of nitrogens with two attached hydrogens (primary N) is 1. The number of hydrogen-bond donors (Lipinski definition) is 1. The lowest BCUT2D eigenvalue weighted by Crippen LogP contribution is -2.42. The van der Waals surface area contributed by atoms with E-state index in [2.05, 4.69) is 19.4 Å². The van der Waals surface area contributed by atoms with Crippen molar-refractivity contribution in [2.75, 3.05) is 23.8 Å². The maximum Gasteiger partial charge on any atom is 0.219 e. The fraction of sp³-hybridized carbons (Fsp3) is 0.571. The monoisotopic (exact) mass is 424 g/mol. The average Bonchev–Trinajstić information content (AvgIpc) is 3.38. The summed E-state index contributed by atoms with van der Waals surface area (Å²) in [6.07, 6.45) is 4.60. The van der Waals surface area contributed by atoms with Gasteiger partial charge in [0.05, 0.1) is 12.2 Å². The van der Waals surface area contributed by atoms with Gasteiger partial charge >= 0.3 is 0 Å². The zero-order valence-electron chi connectivity index (χ0n) is 17.8. The number of anilines is 2. The number of halogens is 1. The van der Waals surface area contributed by atoms with Crippen molar-refractivity contribution in [1.82, 2.24) is 29.5 Å². The first-order valence-corrected chi connectivity index (χ1v) is 10.7. The number of nitrogen functional groups attached to an aromatic ring is 1. The molecule has 2 bridgehead atoms. The van der Waals surface area contributed by atoms with Crippen LogP contribution in [-0.2, 0) is 16.9 Å². The van der Waals surface area contributed by atoms with Crippen LogP contribution in [0.5, 0.6) is 0 Å². The van der Waals surface area contributed by atoms with Crippen LogP contribution in [0.2, 0.25) is 0 Å². The van der Waals surface area contributed by atoms with Crippen LogP contribution in [0.15, 0.2) is 12.4 Å². The summed E-state index contributed by atoms with van der Waals surface area (Å²) in [7, 11) is 0. The molecule has 3 aliphatic rings. The van der Waals surface area contributed by atoms with Crippen LogP contribution < -0.4 is 10.6 Å². The van der Waals surface area contributed by atoms with E-state index >= 15 is 0 Å². The summed E-state index contributed by atoms with van der Waals surface area (Å²) in [6.45, 7) is 7.62. The van der Waals surface area contributed by atoms with Gasteiger partial charge in [0.2, 0.25) is 5.95 Å². The molecule has 2 N–H and O–H groups in total. The lowest BCUT2D eigenvalue weighted by Gasteiger charge is -2.34. The highest BCUT2D eigenvalue weighted by molar-refractivity contribution is 5.87. The Balaban J connectivity index is 1.56. The molecule has 10 heteroatoms. The number of ether oxygens (including phenoxy) is 1. The molecule has 3 unspecified atom stereocenters. The Morgan fingerprint density at radius 1 is 1.16 bits per heavy atom. The number of aromatic nitrogens is 6. The molecule has 5 heterocycles. The van der Waals surface area contributed by atoms with Crippen molar-refractivity contribution < 1.29 is 9.13 Å². The summed E-state index contributed by atoms with van der Waals surface area (Å²) >= 11 is 0. The third kappa shape index (κ3) is 2.73. The number of nitrogens with zero attached hydrogens (tertiary/aromatic N) is 7. The topological polar surface area (TPSA) is 108 Å². The Hall–Kier alpha value is -2.88. The summed E-state index contributed by atoms with van der Waals surface area (Å²) in [5, 5.41) is 0. The van der Waals surface area contributed by atoms with E-state index < -0.39 is 11.3 Å². The van der Waals surface area contributed by atoms with Crippen LogP contribution in [-0.4, -0.2) is 54.3 Å². The van der Waals surface area contributed by atoms with Gasteiger partial charge < -0.3 is 19.9 Å². The van der Waals surface area contributed by atoms with E-state index in [-0.39, 0.29) is 17.9 Å². The Morgan fingerprint density at radius 2 is 1.94 bits per heavy atom. The predicted octanol–water partition coefficient (Wildman–Crippen LogP) is 2.46. The Labute approximate surface area is 178 Å². The third-order valence-corrected chi connectivity index (χ3v) is 7.00. The standard InChI is InChI=1S/C21H25FN8O/c1-20(2)18-26-14-16(29(18)4-5-31-20)27-15(11-8-24-19(23)25-9-11)28-17(14)30-10-12-6-13(30)7-21(12,3)22/h8-9,12-13H,4-7,10H2,1-3H3,(H2,23,24,25). The molecule has 0 aromatic carbocycles. The zero-order valence-corrected chi connectivity index (χ0v) is 17.8. The molecule has 31 heavy (non-hydrogen) atoms. The number of alkyl halides is 1. The molecular formula is C21H25FN8O. The van der Waals surface area contributed by atoms with Crippen LogP contribution >= 0.6 is 0 Å². The van der Waals surface area contributed by atoms with E-state index in [1.54, 1.807) is 19.3 Å². The first-order valence-electron chi connectivity index (χ1n) is 10.7. The molecule has 2 aliphatic heterocycles. The summed E-state index contributed by atoms with van der Waals surface area (Å²) in [5.41, 5.74) is 6.19. The van der Waals surface area contributed by atoms with Crippen molar-refractivity contribution in [3.8, 4) is 11.4 Å². The van der Waals surface area contributed by atoms with Gasteiger partial charge in [0.25, 0.3) is 0 Å². The van der Waals surface area contributed by atoms with Gasteiger partial charge in [0, 0.05) is 43.9 Å². The lowest BCUT2D eigenvalue weighted by atomic mass is 9.93. The second kappa shape index (κ2) is 6.09. The van der Waals surface area contributed by atoms with Crippen molar-refractivity contribution in [3.05, 3.63) is 18.2 Å². The Bertz CT molecular complexity index is 1190. The summed E-state index contributed by atoms with van der Waals surface area (Å²) in [4.78, 5) is 25.1. The van der Waals surface area contributed by atoms with Crippen molar-refractivity contribution >= 4 is 22.9 Å². The minimum atomic E-state index is -1.12. The van der Waals surface area contributed by atoms with Crippen molar-refractivity contribution in [3.63, 3.8) is 0 Å². The Morgan fingerprint density at radius 3 is 2.61 bits per heavy atom. The van der Waals surface area contributed by atoms with Gasteiger partial charge in [0.15, 0.2) is 22.8 Å². The minimum absolute atomic E-state index is 0.00263. The maximum atomic E-state index is 14.9. The maximum absolute atomic E-state index is 14.9. The highest BCUT2D eigenvalue weighted by atomic mass is 19.1. The molecule has 0 radical (unpaired) electrons. The zero-order chi connectivity index (χ0) is 21.5. The number of fused-ring (bicyclic) bond motifs is 5. The van der Waals surface area contributed by atoms with Gasteiger partial charge in [-0.3, -0.25) is 0 Å². The molecule has 1 aliphatic carbocycles. The van der Waals surface area contributed by atoms with E-state index in [4.69, 9.17) is 25.4 Å². The van der Waals surface area contributed by atoms with Crippen LogP contribution in [0.3, 0.4) is 0 Å². The van der Waals surface area contributed by atoms with Crippen LogP contribution in [0.4, 0.5) is 16.2 Å². The predicted molar refractivity (Wildman–Crippen MR) is 113 cm³/mol. The molecule has 9 nitrogen and oxygen atoms in total.